The minimum atomic E-state index is -0.632. The Labute approximate surface area is 222 Å². The van der Waals surface area contributed by atoms with E-state index in [1.54, 1.807) is 12.3 Å². The summed E-state index contributed by atoms with van der Waals surface area (Å²) < 4.78 is 20.6. The third-order valence-electron chi connectivity index (χ3n) is 5.29. The van der Waals surface area contributed by atoms with Crippen LogP contribution >= 0.6 is 15.9 Å². The average Bonchev–Trinajstić information content (AvgIpc) is 2.87. The van der Waals surface area contributed by atoms with Gasteiger partial charge in [-0.1, -0.05) is 36.4 Å². The highest BCUT2D eigenvalue weighted by atomic mass is 79.9. The van der Waals surface area contributed by atoms with Crippen molar-refractivity contribution in [2.45, 2.75) is 0 Å². The number of nitrogens with one attached hydrogen (secondary N) is 3. The first-order valence-corrected chi connectivity index (χ1v) is 12.2. The van der Waals surface area contributed by atoms with Crippen LogP contribution in [0.15, 0.2) is 77.4 Å². The molecule has 10 heteroatoms. The molecule has 1 aromatic heterocycles. The van der Waals surface area contributed by atoms with Crippen LogP contribution in [0.3, 0.4) is 0 Å². The van der Waals surface area contributed by atoms with Crippen LogP contribution in [0, 0.1) is 5.82 Å². The zero-order valence-corrected chi connectivity index (χ0v) is 22.1. The van der Waals surface area contributed by atoms with Crippen LogP contribution in [-0.2, 0) is 4.79 Å². The van der Waals surface area contributed by atoms with Gasteiger partial charge in [0.25, 0.3) is 0 Å². The summed E-state index contributed by atoms with van der Waals surface area (Å²) in [5.74, 6) is -0.0621. The first-order chi connectivity index (χ1) is 17.8. The molecule has 4 rings (SSSR count). The highest BCUT2D eigenvalue weighted by molar-refractivity contribution is 9.10. The van der Waals surface area contributed by atoms with Gasteiger partial charge >= 0.3 is 0 Å². The highest BCUT2D eigenvalue weighted by Crippen LogP contribution is 2.33. The smallest absolute Gasteiger partial charge is 0.248 e. The van der Waals surface area contributed by atoms with E-state index in [9.17, 15) is 9.18 Å². The standard InChI is InChI=1S/C27H26BrFN6O2/c1-35(2)12-6-9-25(36)32-22-15-23(24(37-3)14-21(22)29)33-27-30-16-20(28)26(34-27)31-19-11-10-17-7-4-5-8-18(17)13-19/h4-11,13-16H,12H2,1-3H3,(H,32,36)(H2,30,31,33,34)/b9-6+. The minimum Gasteiger partial charge on any atom is -0.494 e. The van der Waals surface area contributed by atoms with E-state index in [0.29, 0.717) is 22.5 Å². The van der Waals surface area contributed by atoms with Crippen molar-refractivity contribution in [1.82, 2.24) is 14.9 Å². The number of anilines is 5. The molecule has 0 bridgehead atoms. The summed E-state index contributed by atoms with van der Waals surface area (Å²) in [4.78, 5) is 23.0. The zero-order valence-electron chi connectivity index (χ0n) is 20.5. The van der Waals surface area contributed by atoms with Crippen LogP contribution in [0.25, 0.3) is 10.8 Å². The summed E-state index contributed by atoms with van der Waals surface area (Å²) in [5.41, 5.74) is 1.24. The fourth-order valence-electron chi connectivity index (χ4n) is 3.50. The molecule has 0 saturated carbocycles. The van der Waals surface area contributed by atoms with Crippen LogP contribution in [0.1, 0.15) is 0 Å². The summed E-state index contributed by atoms with van der Waals surface area (Å²) in [6.45, 7) is 0.585. The number of amides is 1. The van der Waals surface area contributed by atoms with Gasteiger partial charge in [0.05, 0.1) is 23.0 Å². The van der Waals surface area contributed by atoms with Crippen molar-refractivity contribution in [2.24, 2.45) is 0 Å². The van der Waals surface area contributed by atoms with E-state index in [1.807, 2.05) is 55.4 Å². The van der Waals surface area contributed by atoms with E-state index < -0.39 is 11.7 Å². The molecule has 0 aliphatic rings. The second-order valence-electron chi connectivity index (χ2n) is 8.39. The van der Waals surface area contributed by atoms with Crippen molar-refractivity contribution < 1.29 is 13.9 Å². The van der Waals surface area contributed by atoms with E-state index in [4.69, 9.17) is 4.74 Å². The molecule has 3 aromatic carbocycles. The normalized spacial score (nSPS) is 11.2. The SMILES string of the molecule is COc1cc(F)c(NC(=O)/C=C/CN(C)C)cc1Nc1ncc(Br)c(Nc2ccc3ccccc3c2)n1. The van der Waals surface area contributed by atoms with Crippen molar-refractivity contribution in [1.29, 1.82) is 0 Å². The number of carbonyl (C=O) groups is 1. The van der Waals surface area contributed by atoms with Gasteiger partial charge in [0.2, 0.25) is 11.9 Å². The molecule has 0 aliphatic heterocycles. The van der Waals surface area contributed by atoms with Crippen molar-refractivity contribution in [3.63, 3.8) is 0 Å². The number of nitrogens with zero attached hydrogens (tertiary/aromatic N) is 3. The number of rotatable bonds is 9. The predicted octanol–water partition coefficient (Wildman–Crippen LogP) is 6.08. The largest absolute Gasteiger partial charge is 0.494 e. The average molecular weight is 565 g/mol. The van der Waals surface area contributed by atoms with Crippen LogP contribution in [0.5, 0.6) is 5.75 Å². The molecule has 37 heavy (non-hydrogen) atoms. The Bertz CT molecular complexity index is 1460. The number of benzene rings is 3. The number of carbonyl (C=O) groups excluding carboxylic acids is 1. The molecule has 0 spiro atoms. The second kappa shape index (κ2) is 11.8. The molecule has 0 unspecified atom stereocenters. The zero-order chi connectivity index (χ0) is 26.4. The van der Waals surface area contributed by atoms with Gasteiger partial charge in [-0.25, -0.2) is 9.37 Å². The second-order valence-corrected chi connectivity index (χ2v) is 9.24. The fraction of sp³-hybridized carbons (Fsp3) is 0.148. The Morgan fingerprint density at radius 1 is 1.08 bits per heavy atom. The Hall–Kier alpha value is -4.02. The van der Waals surface area contributed by atoms with E-state index in [2.05, 4.69) is 47.9 Å². The van der Waals surface area contributed by atoms with Gasteiger partial charge in [0, 0.05) is 30.6 Å². The number of halogens is 2. The molecule has 1 amide bonds. The molecule has 0 atom stereocenters. The van der Waals surface area contributed by atoms with Crippen LogP contribution < -0.4 is 20.7 Å². The van der Waals surface area contributed by atoms with Crippen molar-refractivity contribution in [3.05, 3.63) is 83.2 Å². The number of likely N-dealkylation sites (N-methyl/N-ethyl adjacent to an activating group) is 1. The molecule has 4 aromatic rings. The Morgan fingerprint density at radius 2 is 1.86 bits per heavy atom. The van der Waals surface area contributed by atoms with Gasteiger partial charge in [-0.2, -0.15) is 4.98 Å². The number of ether oxygens (including phenoxy) is 1. The van der Waals surface area contributed by atoms with Crippen molar-refractivity contribution in [2.75, 3.05) is 43.7 Å². The van der Waals surface area contributed by atoms with Gasteiger partial charge in [-0.05, 0) is 59.0 Å². The lowest BCUT2D eigenvalue weighted by atomic mass is 10.1. The Balaban J connectivity index is 1.56. The summed E-state index contributed by atoms with van der Waals surface area (Å²) in [7, 11) is 5.20. The molecule has 0 fully saturated rings. The highest BCUT2D eigenvalue weighted by Gasteiger charge is 2.14. The molecular formula is C27H26BrFN6O2. The lowest BCUT2D eigenvalue weighted by Crippen LogP contribution is -2.13. The summed E-state index contributed by atoms with van der Waals surface area (Å²) >= 11 is 3.48. The van der Waals surface area contributed by atoms with Crippen molar-refractivity contribution in [3.8, 4) is 5.75 Å². The van der Waals surface area contributed by atoms with E-state index in [0.717, 1.165) is 16.5 Å². The summed E-state index contributed by atoms with van der Waals surface area (Å²) in [6.07, 6.45) is 4.65. The van der Waals surface area contributed by atoms with Gasteiger partial charge < -0.3 is 25.6 Å². The first kappa shape index (κ1) is 26.1. The van der Waals surface area contributed by atoms with E-state index in [1.165, 1.54) is 25.3 Å². The van der Waals surface area contributed by atoms with Gasteiger partial charge in [-0.3, -0.25) is 4.79 Å². The van der Waals surface area contributed by atoms with Gasteiger partial charge in [0.15, 0.2) is 5.82 Å². The predicted molar refractivity (Wildman–Crippen MR) is 150 cm³/mol. The quantitative estimate of drug-likeness (QED) is 0.212. The Kier molecular flexibility index (Phi) is 8.32. The third-order valence-corrected chi connectivity index (χ3v) is 5.87. The maximum absolute atomic E-state index is 14.6. The molecule has 190 valence electrons. The van der Waals surface area contributed by atoms with Crippen molar-refractivity contribution >= 4 is 61.4 Å². The van der Waals surface area contributed by atoms with Crippen LogP contribution in [-0.4, -0.2) is 48.5 Å². The first-order valence-electron chi connectivity index (χ1n) is 11.4. The number of methoxy groups -OCH3 is 1. The lowest BCUT2D eigenvalue weighted by Gasteiger charge is -2.15. The third kappa shape index (κ3) is 6.81. The summed E-state index contributed by atoms with van der Waals surface area (Å²) in [5, 5.41) is 11.1. The molecule has 0 saturated heterocycles. The molecule has 3 N–H and O–H groups in total. The molecular weight excluding hydrogens is 539 g/mol. The van der Waals surface area contributed by atoms with Gasteiger partial charge in [-0.15, -0.1) is 0 Å². The topological polar surface area (TPSA) is 91.4 Å². The lowest BCUT2D eigenvalue weighted by molar-refractivity contribution is -0.111. The molecule has 1 heterocycles. The number of hydrogen-bond acceptors (Lipinski definition) is 7. The number of fused-ring (bicyclic) bond motifs is 1. The van der Waals surface area contributed by atoms with Gasteiger partial charge in [0.1, 0.15) is 11.6 Å². The number of hydrogen-bond donors (Lipinski definition) is 3. The monoisotopic (exact) mass is 564 g/mol. The van der Waals surface area contributed by atoms with E-state index in [-0.39, 0.29) is 17.4 Å². The molecule has 8 nitrogen and oxygen atoms in total. The number of aromatic nitrogens is 2. The summed E-state index contributed by atoms with van der Waals surface area (Å²) in [6, 6.07) is 16.7. The minimum absolute atomic E-state index is 0.00516. The van der Waals surface area contributed by atoms with E-state index >= 15 is 0 Å². The Morgan fingerprint density at radius 3 is 2.62 bits per heavy atom. The maximum Gasteiger partial charge on any atom is 0.248 e. The van der Waals surface area contributed by atoms with Crippen LogP contribution in [0.4, 0.5) is 33.2 Å². The molecule has 0 aliphatic carbocycles. The van der Waals surface area contributed by atoms with Crippen LogP contribution in [0.2, 0.25) is 0 Å². The fourth-order valence-corrected chi connectivity index (χ4v) is 3.79. The molecule has 0 radical (unpaired) electrons. The maximum atomic E-state index is 14.6.